The first kappa shape index (κ1) is 13.3. The molecule has 18 heavy (non-hydrogen) atoms. The standard InChI is InChI=1S/C12H19N3O2S/c1-8(9(13)18)7-15-10(16)12(14-11(15)17)5-3-2-4-6-12/h8H,2-7H2,1H3,(H2,13,18)(H,14,17). The highest BCUT2D eigenvalue weighted by Gasteiger charge is 2.51. The van der Waals surface area contributed by atoms with Gasteiger partial charge in [0.2, 0.25) is 0 Å². The Kier molecular flexibility index (Phi) is 3.56. The minimum Gasteiger partial charge on any atom is -0.393 e. The van der Waals surface area contributed by atoms with Crippen LogP contribution >= 0.6 is 12.2 Å². The van der Waals surface area contributed by atoms with E-state index in [1.807, 2.05) is 6.92 Å². The van der Waals surface area contributed by atoms with E-state index >= 15 is 0 Å². The zero-order valence-electron chi connectivity index (χ0n) is 10.6. The third kappa shape index (κ3) is 2.21. The van der Waals surface area contributed by atoms with E-state index in [4.69, 9.17) is 18.0 Å². The topological polar surface area (TPSA) is 75.4 Å². The molecule has 1 unspecified atom stereocenters. The Balaban J connectivity index is 2.11. The summed E-state index contributed by atoms with van der Waals surface area (Å²) in [5.41, 5.74) is 4.89. The Morgan fingerprint density at radius 2 is 2.06 bits per heavy atom. The molecule has 1 saturated carbocycles. The molecule has 1 atom stereocenters. The van der Waals surface area contributed by atoms with Crippen molar-refractivity contribution in [2.24, 2.45) is 11.7 Å². The number of imide groups is 1. The summed E-state index contributed by atoms with van der Waals surface area (Å²) in [7, 11) is 0. The van der Waals surface area contributed by atoms with E-state index in [-0.39, 0.29) is 24.4 Å². The van der Waals surface area contributed by atoms with Crippen molar-refractivity contribution in [2.45, 2.75) is 44.6 Å². The van der Waals surface area contributed by atoms with Gasteiger partial charge in [0.05, 0.1) is 4.99 Å². The van der Waals surface area contributed by atoms with Gasteiger partial charge in [0.15, 0.2) is 0 Å². The van der Waals surface area contributed by atoms with E-state index in [9.17, 15) is 9.59 Å². The fraction of sp³-hybridized carbons (Fsp3) is 0.750. The van der Waals surface area contributed by atoms with Crippen LogP contribution in [0.3, 0.4) is 0 Å². The predicted molar refractivity (Wildman–Crippen MR) is 72.0 cm³/mol. The summed E-state index contributed by atoms with van der Waals surface area (Å²) >= 11 is 4.89. The van der Waals surface area contributed by atoms with Crippen LogP contribution in [0.2, 0.25) is 0 Å². The number of urea groups is 1. The molecule has 1 aliphatic carbocycles. The van der Waals surface area contributed by atoms with Crippen LogP contribution in [0.4, 0.5) is 4.79 Å². The lowest BCUT2D eigenvalue weighted by Crippen LogP contribution is -2.48. The van der Waals surface area contributed by atoms with Gasteiger partial charge >= 0.3 is 6.03 Å². The molecule has 0 aromatic rings. The van der Waals surface area contributed by atoms with E-state index in [1.54, 1.807) is 0 Å². The zero-order chi connectivity index (χ0) is 13.3. The first-order chi connectivity index (χ1) is 8.46. The molecule has 5 nitrogen and oxygen atoms in total. The monoisotopic (exact) mass is 269 g/mol. The number of hydrogen-bond acceptors (Lipinski definition) is 3. The van der Waals surface area contributed by atoms with Crippen LogP contribution in [-0.4, -0.2) is 33.9 Å². The van der Waals surface area contributed by atoms with Gasteiger partial charge in [-0.2, -0.15) is 0 Å². The molecule has 2 aliphatic rings. The van der Waals surface area contributed by atoms with E-state index < -0.39 is 5.54 Å². The normalized spacial score (nSPS) is 24.2. The zero-order valence-corrected chi connectivity index (χ0v) is 11.4. The second kappa shape index (κ2) is 4.84. The second-order valence-corrected chi connectivity index (χ2v) is 5.76. The van der Waals surface area contributed by atoms with Crippen LogP contribution in [0, 0.1) is 5.92 Å². The summed E-state index contributed by atoms with van der Waals surface area (Å²) in [6.07, 6.45) is 4.61. The Morgan fingerprint density at radius 3 is 2.61 bits per heavy atom. The molecule has 2 rings (SSSR count). The van der Waals surface area contributed by atoms with Gasteiger partial charge in [-0.1, -0.05) is 38.4 Å². The van der Waals surface area contributed by atoms with Crippen molar-refractivity contribution in [3.8, 4) is 0 Å². The van der Waals surface area contributed by atoms with Gasteiger partial charge < -0.3 is 11.1 Å². The summed E-state index contributed by atoms with van der Waals surface area (Å²) in [5, 5.41) is 2.87. The molecule has 3 N–H and O–H groups in total. The van der Waals surface area contributed by atoms with E-state index in [2.05, 4.69) is 5.32 Å². The third-order valence-corrected chi connectivity index (χ3v) is 4.30. The average molecular weight is 269 g/mol. The fourth-order valence-electron chi connectivity index (χ4n) is 2.70. The fourth-order valence-corrected chi connectivity index (χ4v) is 2.77. The van der Waals surface area contributed by atoms with Gasteiger partial charge in [-0.15, -0.1) is 0 Å². The molecule has 2 fully saturated rings. The van der Waals surface area contributed by atoms with E-state index in [0.29, 0.717) is 4.99 Å². The molecule has 0 radical (unpaired) electrons. The predicted octanol–water partition coefficient (Wildman–Crippen LogP) is 1.16. The minimum absolute atomic E-state index is 0.102. The number of carbonyl (C=O) groups excluding carboxylic acids is 2. The summed E-state index contributed by atoms with van der Waals surface area (Å²) in [6.45, 7) is 2.11. The molecule has 1 heterocycles. The lowest BCUT2D eigenvalue weighted by molar-refractivity contribution is -0.132. The Morgan fingerprint density at radius 1 is 1.44 bits per heavy atom. The van der Waals surface area contributed by atoms with Crippen molar-refractivity contribution < 1.29 is 9.59 Å². The number of nitrogens with one attached hydrogen (secondary N) is 1. The van der Waals surface area contributed by atoms with Crippen molar-refractivity contribution in [3.05, 3.63) is 0 Å². The lowest BCUT2D eigenvalue weighted by atomic mass is 9.81. The number of nitrogens with two attached hydrogens (primary N) is 1. The maximum atomic E-state index is 12.4. The first-order valence-corrected chi connectivity index (χ1v) is 6.80. The van der Waals surface area contributed by atoms with Gasteiger partial charge in [-0.25, -0.2) is 4.79 Å². The molecule has 1 aliphatic heterocycles. The Hall–Kier alpha value is -1.17. The third-order valence-electron chi connectivity index (χ3n) is 3.90. The van der Waals surface area contributed by atoms with Gasteiger partial charge in [0.1, 0.15) is 5.54 Å². The van der Waals surface area contributed by atoms with Gasteiger partial charge in [-0.3, -0.25) is 9.69 Å². The molecular formula is C12H19N3O2S. The number of nitrogens with zero attached hydrogens (tertiary/aromatic N) is 1. The lowest BCUT2D eigenvalue weighted by Gasteiger charge is -2.30. The number of rotatable bonds is 3. The molecule has 0 aromatic heterocycles. The van der Waals surface area contributed by atoms with Crippen LogP contribution in [0.25, 0.3) is 0 Å². The number of thiocarbonyl (C=S) groups is 1. The van der Waals surface area contributed by atoms with E-state index in [1.165, 1.54) is 4.90 Å². The van der Waals surface area contributed by atoms with Crippen LogP contribution in [0.15, 0.2) is 0 Å². The molecular weight excluding hydrogens is 250 g/mol. The van der Waals surface area contributed by atoms with Crippen LogP contribution in [0.1, 0.15) is 39.0 Å². The largest absolute Gasteiger partial charge is 0.393 e. The Labute approximate surface area is 112 Å². The summed E-state index contributed by atoms with van der Waals surface area (Å²) in [4.78, 5) is 25.9. The quantitative estimate of drug-likeness (QED) is 0.595. The van der Waals surface area contributed by atoms with Gasteiger partial charge in [-0.05, 0) is 12.8 Å². The van der Waals surface area contributed by atoms with E-state index in [0.717, 1.165) is 32.1 Å². The molecule has 0 bridgehead atoms. The SMILES string of the molecule is CC(CN1C(=O)NC2(CCCCC2)C1=O)C(N)=S. The van der Waals surface area contributed by atoms with Crippen molar-refractivity contribution in [1.29, 1.82) is 0 Å². The number of amides is 3. The van der Waals surface area contributed by atoms with Crippen molar-refractivity contribution in [3.63, 3.8) is 0 Å². The van der Waals surface area contributed by atoms with Crippen LogP contribution in [-0.2, 0) is 4.79 Å². The molecule has 1 saturated heterocycles. The average Bonchev–Trinajstić information content (AvgIpc) is 2.55. The van der Waals surface area contributed by atoms with Crippen LogP contribution in [0.5, 0.6) is 0 Å². The Bertz CT molecular complexity index is 391. The summed E-state index contributed by atoms with van der Waals surface area (Å²) in [6, 6.07) is -0.301. The first-order valence-electron chi connectivity index (χ1n) is 6.40. The van der Waals surface area contributed by atoms with Crippen molar-refractivity contribution in [2.75, 3.05) is 6.54 Å². The molecule has 6 heteroatoms. The minimum atomic E-state index is -0.648. The molecule has 3 amide bonds. The molecule has 1 spiro atoms. The smallest absolute Gasteiger partial charge is 0.325 e. The van der Waals surface area contributed by atoms with Crippen LogP contribution < -0.4 is 11.1 Å². The molecule has 100 valence electrons. The summed E-state index contributed by atoms with van der Waals surface area (Å²) in [5.74, 6) is -0.247. The van der Waals surface area contributed by atoms with Crippen molar-refractivity contribution >= 4 is 29.1 Å². The highest BCUT2D eigenvalue weighted by molar-refractivity contribution is 7.80. The maximum Gasteiger partial charge on any atom is 0.325 e. The highest BCUT2D eigenvalue weighted by Crippen LogP contribution is 2.33. The van der Waals surface area contributed by atoms with Gasteiger partial charge in [0.25, 0.3) is 5.91 Å². The van der Waals surface area contributed by atoms with Gasteiger partial charge in [0, 0.05) is 12.5 Å². The number of carbonyl (C=O) groups is 2. The maximum absolute atomic E-state index is 12.4. The summed E-state index contributed by atoms with van der Waals surface area (Å²) < 4.78 is 0. The molecule has 0 aromatic carbocycles. The highest BCUT2D eigenvalue weighted by atomic mass is 32.1. The second-order valence-electron chi connectivity index (χ2n) is 5.29. The number of hydrogen-bond donors (Lipinski definition) is 2. The van der Waals surface area contributed by atoms with Crippen molar-refractivity contribution in [1.82, 2.24) is 10.2 Å².